The number of nitrogens with one attached hydrogen (secondary N) is 1. The average molecular weight is 355 g/mol. The number of hydrogen-bond acceptors (Lipinski definition) is 8. The zero-order valence-electron chi connectivity index (χ0n) is 11.7. The normalized spacial score (nSPS) is 11.2. The molecule has 0 amide bonds. The highest BCUT2D eigenvalue weighted by Gasteiger charge is 2.22. The molecule has 11 heteroatoms. The summed E-state index contributed by atoms with van der Waals surface area (Å²) >= 11 is 1.42. The lowest BCUT2D eigenvalue weighted by atomic mass is 10.3. The predicted octanol–water partition coefficient (Wildman–Crippen LogP) is 1.24. The van der Waals surface area contributed by atoms with Gasteiger partial charge < -0.3 is 5.32 Å². The largest absolute Gasteiger partial charge is 0.384 e. The van der Waals surface area contributed by atoms with Crippen molar-refractivity contribution in [1.82, 2.24) is 9.97 Å². The van der Waals surface area contributed by atoms with E-state index in [4.69, 9.17) is 5.14 Å². The van der Waals surface area contributed by atoms with Crippen LogP contribution in [0.3, 0.4) is 0 Å². The van der Waals surface area contributed by atoms with Crippen LogP contribution < -0.4 is 10.5 Å². The minimum Gasteiger partial charge on any atom is -0.384 e. The number of nitro groups is 1. The second-order valence-electron chi connectivity index (χ2n) is 4.29. The number of nitro benzene ring substituents is 1. The van der Waals surface area contributed by atoms with E-state index in [1.165, 1.54) is 17.8 Å². The molecule has 0 atom stereocenters. The quantitative estimate of drug-likeness (QED) is 0.248. The number of aromatic nitrogens is 2. The lowest BCUT2D eigenvalue weighted by Crippen LogP contribution is -2.14. The highest BCUT2D eigenvalue weighted by molar-refractivity contribution is 7.99. The topological polar surface area (TPSA) is 141 Å². The van der Waals surface area contributed by atoms with Crippen LogP contribution in [0.2, 0.25) is 0 Å². The molecule has 3 N–H and O–H groups in total. The monoisotopic (exact) mass is 355 g/mol. The highest BCUT2D eigenvalue weighted by atomic mass is 32.2. The molecule has 1 heterocycles. The second-order valence-corrected chi connectivity index (χ2v) is 6.88. The van der Waals surface area contributed by atoms with Crippen LogP contribution in [0.5, 0.6) is 0 Å². The minimum absolute atomic E-state index is 0.429. The summed E-state index contributed by atoms with van der Waals surface area (Å²) in [5.41, 5.74) is -0.129. The smallest absolute Gasteiger partial charge is 0.291 e. The van der Waals surface area contributed by atoms with Gasteiger partial charge in [0, 0.05) is 36.4 Å². The lowest BCUT2D eigenvalue weighted by molar-refractivity contribution is -0.387. The van der Waals surface area contributed by atoms with Gasteiger partial charge in [0.25, 0.3) is 5.69 Å². The zero-order valence-corrected chi connectivity index (χ0v) is 13.4. The third-order valence-corrected chi connectivity index (χ3v) is 4.50. The standard InChI is InChI=1S/C12H13N5O4S2/c13-23(20,21)11-3-2-9(8-10(11)17(18)19)14-6-7-22-12-15-4-1-5-16-12/h1-5,8,14H,6-7H2,(H2,13,20,21). The Morgan fingerprint density at radius 2 is 2.00 bits per heavy atom. The lowest BCUT2D eigenvalue weighted by Gasteiger charge is -2.07. The molecule has 0 unspecified atom stereocenters. The number of rotatable bonds is 7. The van der Waals surface area contributed by atoms with Gasteiger partial charge in [-0.25, -0.2) is 23.5 Å². The van der Waals surface area contributed by atoms with Crippen LogP contribution in [0.15, 0.2) is 46.7 Å². The van der Waals surface area contributed by atoms with Crippen LogP contribution in [0.1, 0.15) is 0 Å². The van der Waals surface area contributed by atoms with Crippen molar-refractivity contribution < 1.29 is 13.3 Å². The van der Waals surface area contributed by atoms with E-state index in [1.54, 1.807) is 18.5 Å². The first-order valence-electron chi connectivity index (χ1n) is 6.33. The van der Waals surface area contributed by atoms with Crippen molar-refractivity contribution in [2.24, 2.45) is 5.14 Å². The maximum Gasteiger partial charge on any atom is 0.291 e. The molecule has 0 aliphatic heterocycles. The van der Waals surface area contributed by atoms with Crippen molar-refractivity contribution in [2.75, 3.05) is 17.6 Å². The van der Waals surface area contributed by atoms with Crippen molar-refractivity contribution in [1.29, 1.82) is 0 Å². The fourth-order valence-electron chi connectivity index (χ4n) is 1.71. The Labute approximate surface area is 136 Å². The third kappa shape index (κ3) is 4.87. The molecule has 2 rings (SSSR count). The Bertz CT molecular complexity index is 798. The molecule has 122 valence electrons. The first kappa shape index (κ1) is 17.1. The molecule has 0 aliphatic carbocycles. The summed E-state index contributed by atoms with van der Waals surface area (Å²) in [5, 5.41) is 19.5. The van der Waals surface area contributed by atoms with Crippen LogP contribution in [0.4, 0.5) is 11.4 Å². The number of thioether (sulfide) groups is 1. The molecule has 1 aromatic heterocycles. The number of anilines is 1. The third-order valence-electron chi connectivity index (χ3n) is 2.67. The van der Waals surface area contributed by atoms with Crippen LogP contribution in [-0.2, 0) is 10.0 Å². The molecule has 0 aliphatic rings. The Hall–Kier alpha value is -2.24. The fraction of sp³-hybridized carbons (Fsp3) is 0.167. The van der Waals surface area contributed by atoms with E-state index in [9.17, 15) is 18.5 Å². The number of nitrogens with zero attached hydrogens (tertiary/aromatic N) is 3. The molecule has 0 saturated carbocycles. The van der Waals surface area contributed by atoms with Crippen LogP contribution in [0, 0.1) is 10.1 Å². The molecule has 0 radical (unpaired) electrons. The molecular weight excluding hydrogens is 342 g/mol. The fourth-order valence-corrected chi connectivity index (χ4v) is 3.05. The Kier molecular flexibility index (Phi) is 5.47. The van der Waals surface area contributed by atoms with Gasteiger partial charge in [-0.1, -0.05) is 11.8 Å². The van der Waals surface area contributed by atoms with Crippen LogP contribution in [-0.4, -0.2) is 35.6 Å². The van der Waals surface area contributed by atoms with Crippen molar-refractivity contribution >= 4 is 33.2 Å². The van der Waals surface area contributed by atoms with Crippen molar-refractivity contribution in [2.45, 2.75) is 10.1 Å². The number of nitrogens with two attached hydrogens (primary N) is 1. The molecule has 0 fully saturated rings. The summed E-state index contributed by atoms with van der Waals surface area (Å²) in [6.07, 6.45) is 3.27. The SMILES string of the molecule is NS(=O)(=O)c1ccc(NCCSc2ncccn2)cc1[N+](=O)[O-]. The molecule has 23 heavy (non-hydrogen) atoms. The van der Waals surface area contributed by atoms with E-state index in [2.05, 4.69) is 15.3 Å². The second kappa shape index (κ2) is 7.35. The van der Waals surface area contributed by atoms with E-state index < -0.39 is 25.5 Å². The summed E-state index contributed by atoms with van der Waals surface area (Å²) in [6, 6.07) is 5.40. The van der Waals surface area contributed by atoms with Gasteiger partial charge in [-0.05, 0) is 18.2 Å². The molecule has 0 spiro atoms. The van der Waals surface area contributed by atoms with Gasteiger partial charge in [0.15, 0.2) is 10.1 Å². The predicted molar refractivity (Wildman–Crippen MR) is 85.7 cm³/mol. The molecular formula is C12H13N5O4S2. The maximum absolute atomic E-state index is 11.3. The van der Waals surface area contributed by atoms with E-state index >= 15 is 0 Å². The zero-order chi connectivity index (χ0) is 16.9. The number of hydrogen-bond donors (Lipinski definition) is 2. The first-order valence-corrected chi connectivity index (χ1v) is 8.86. The Morgan fingerprint density at radius 3 is 2.61 bits per heavy atom. The Morgan fingerprint density at radius 1 is 1.30 bits per heavy atom. The highest BCUT2D eigenvalue weighted by Crippen LogP contribution is 2.26. The minimum atomic E-state index is -4.15. The van der Waals surface area contributed by atoms with Gasteiger partial charge in [-0.15, -0.1) is 0 Å². The van der Waals surface area contributed by atoms with Crippen molar-refractivity contribution in [3.05, 3.63) is 46.8 Å². The van der Waals surface area contributed by atoms with Crippen LogP contribution >= 0.6 is 11.8 Å². The van der Waals surface area contributed by atoms with Crippen molar-refractivity contribution in [3.8, 4) is 0 Å². The van der Waals surface area contributed by atoms with E-state index in [0.717, 1.165) is 12.1 Å². The molecule has 9 nitrogen and oxygen atoms in total. The van der Waals surface area contributed by atoms with Gasteiger partial charge in [0.2, 0.25) is 10.0 Å². The summed E-state index contributed by atoms with van der Waals surface area (Å²) in [5.74, 6) is 0.634. The first-order chi connectivity index (χ1) is 10.9. The number of sulfonamides is 1. The van der Waals surface area contributed by atoms with E-state index in [-0.39, 0.29) is 0 Å². The van der Waals surface area contributed by atoms with E-state index in [1.807, 2.05) is 0 Å². The van der Waals surface area contributed by atoms with Gasteiger partial charge in [-0.3, -0.25) is 10.1 Å². The molecule has 2 aromatic rings. The van der Waals surface area contributed by atoms with Gasteiger partial charge in [-0.2, -0.15) is 0 Å². The summed E-state index contributed by atoms with van der Waals surface area (Å²) in [7, 11) is -4.15. The number of primary sulfonamides is 1. The Balaban J connectivity index is 2.01. The van der Waals surface area contributed by atoms with Crippen molar-refractivity contribution in [3.63, 3.8) is 0 Å². The van der Waals surface area contributed by atoms with Gasteiger partial charge >= 0.3 is 0 Å². The van der Waals surface area contributed by atoms with Crippen LogP contribution in [0.25, 0.3) is 0 Å². The summed E-state index contributed by atoms with van der Waals surface area (Å²) in [6.45, 7) is 0.495. The summed E-state index contributed by atoms with van der Waals surface area (Å²) in [4.78, 5) is 17.8. The van der Waals surface area contributed by atoms with E-state index in [0.29, 0.717) is 23.1 Å². The maximum atomic E-state index is 11.3. The summed E-state index contributed by atoms with van der Waals surface area (Å²) < 4.78 is 22.6. The van der Waals surface area contributed by atoms with Gasteiger partial charge in [0.1, 0.15) is 0 Å². The number of benzene rings is 1. The average Bonchev–Trinajstić information content (AvgIpc) is 2.51. The van der Waals surface area contributed by atoms with Gasteiger partial charge in [0.05, 0.1) is 4.92 Å². The molecule has 1 aromatic carbocycles. The molecule has 0 bridgehead atoms. The molecule has 0 saturated heterocycles.